The Bertz CT molecular complexity index is 1250. The van der Waals surface area contributed by atoms with Crippen LogP contribution in [0.25, 0.3) is 0 Å². The Labute approximate surface area is 178 Å². The van der Waals surface area contributed by atoms with Gasteiger partial charge in [-0.1, -0.05) is 23.7 Å². The Morgan fingerprint density at radius 3 is 2.60 bits per heavy atom. The van der Waals surface area contributed by atoms with E-state index in [4.69, 9.17) is 11.6 Å². The van der Waals surface area contributed by atoms with E-state index in [1.807, 2.05) is 0 Å². The van der Waals surface area contributed by atoms with Crippen LogP contribution in [0.15, 0.2) is 77.0 Å². The molecule has 0 unspecified atom stereocenters. The summed E-state index contributed by atoms with van der Waals surface area (Å²) in [6.07, 6.45) is 3.18. The summed E-state index contributed by atoms with van der Waals surface area (Å²) in [5.41, 5.74) is 4.98. The fourth-order valence-electron chi connectivity index (χ4n) is 2.84. The Hall–Kier alpha value is -3.27. The average molecular weight is 442 g/mol. The van der Waals surface area contributed by atoms with Crippen LogP contribution in [-0.4, -0.2) is 25.0 Å². The maximum atomic E-state index is 12.7. The van der Waals surface area contributed by atoms with Gasteiger partial charge >= 0.3 is 0 Å². The van der Waals surface area contributed by atoms with E-state index in [1.54, 1.807) is 48.8 Å². The molecule has 1 aliphatic heterocycles. The van der Waals surface area contributed by atoms with Gasteiger partial charge in [-0.25, -0.2) is 13.1 Å². The zero-order valence-corrected chi connectivity index (χ0v) is 17.0. The Morgan fingerprint density at radius 2 is 1.83 bits per heavy atom. The topological polar surface area (TPSA) is 113 Å². The number of nitrogens with zero attached hydrogens (tertiary/aromatic N) is 2. The first-order chi connectivity index (χ1) is 14.4. The second-order valence-corrected chi connectivity index (χ2v) is 8.57. The first-order valence-corrected chi connectivity index (χ1v) is 10.7. The SMILES string of the molecule is O=C1Nc2ccc(S(=O)(=O)NCc3ccncc3)cc2/C1=N/Nc1ccccc1Cl. The summed E-state index contributed by atoms with van der Waals surface area (Å²) in [6, 6.07) is 14.8. The molecule has 30 heavy (non-hydrogen) atoms. The highest BCUT2D eigenvalue weighted by molar-refractivity contribution is 7.89. The van der Waals surface area contributed by atoms with E-state index in [9.17, 15) is 13.2 Å². The molecular formula is C20H16ClN5O3S. The zero-order chi connectivity index (χ0) is 21.1. The van der Waals surface area contributed by atoms with Gasteiger partial charge in [0.15, 0.2) is 5.71 Å². The number of benzene rings is 2. The number of hydrazone groups is 1. The second kappa shape index (κ2) is 8.23. The van der Waals surface area contributed by atoms with Crippen LogP contribution in [0.4, 0.5) is 11.4 Å². The van der Waals surface area contributed by atoms with Crippen molar-refractivity contribution in [3.8, 4) is 0 Å². The Balaban J connectivity index is 1.60. The molecule has 0 saturated heterocycles. The number of amides is 1. The molecule has 3 N–H and O–H groups in total. The molecule has 0 spiro atoms. The standard InChI is InChI=1S/C20H16ClN5O3S/c21-16-3-1-2-4-18(16)25-26-19-15-11-14(5-6-17(15)24-20(19)27)30(28,29)23-12-13-7-9-22-10-8-13/h1-11,23,25H,12H2,(H,24,26,27). The number of aromatic nitrogens is 1. The highest BCUT2D eigenvalue weighted by Gasteiger charge is 2.28. The van der Waals surface area contributed by atoms with Crippen LogP contribution in [-0.2, 0) is 21.4 Å². The summed E-state index contributed by atoms with van der Waals surface area (Å²) in [4.78, 5) is 16.3. The van der Waals surface area contributed by atoms with Crippen molar-refractivity contribution in [2.45, 2.75) is 11.4 Å². The maximum absolute atomic E-state index is 12.7. The molecule has 3 aromatic rings. The normalized spacial score (nSPS) is 14.4. The van der Waals surface area contributed by atoms with Crippen molar-refractivity contribution in [1.82, 2.24) is 9.71 Å². The molecule has 2 aromatic carbocycles. The summed E-state index contributed by atoms with van der Waals surface area (Å²) in [5, 5.41) is 7.25. The van der Waals surface area contributed by atoms with Gasteiger partial charge < -0.3 is 5.32 Å². The van der Waals surface area contributed by atoms with E-state index >= 15 is 0 Å². The van der Waals surface area contributed by atoms with Gasteiger partial charge in [-0.2, -0.15) is 5.10 Å². The van der Waals surface area contributed by atoms with Crippen molar-refractivity contribution in [1.29, 1.82) is 0 Å². The van der Waals surface area contributed by atoms with Crippen LogP contribution in [0.1, 0.15) is 11.1 Å². The summed E-state index contributed by atoms with van der Waals surface area (Å²) < 4.78 is 28.0. The summed E-state index contributed by atoms with van der Waals surface area (Å²) in [6.45, 7) is 0.119. The van der Waals surface area contributed by atoms with Gasteiger partial charge in [-0.05, 0) is 48.0 Å². The summed E-state index contributed by atoms with van der Waals surface area (Å²) in [5.74, 6) is -0.441. The first kappa shape index (κ1) is 20.0. The van der Waals surface area contributed by atoms with Gasteiger partial charge in [0.05, 0.1) is 21.3 Å². The summed E-state index contributed by atoms with van der Waals surface area (Å²) in [7, 11) is -3.80. The number of pyridine rings is 1. The lowest BCUT2D eigenvalue weighted by Crippen LogP contribution is -2.23. The molecule has 0 bridgehead atoms. The molecule has 0 radical (unpaired) electrons. The lowest BCUT2D eigenvalue weighted by atomic mass is 10.1. The Kier molecular flexibility index (Phi) is 5.49. The van der Waals surface area contributed by atoms with Gasteiger partial charge in [-0.3, -0.25) is 15.2 Å². The quantitative estimate of drug-likeness (QED) is 0.509. The molecule has 4 rings (SSSR count). The lowest BCUT2D eigenvalue weighted by molar-refractivity contribution is -0.110. The van der Waals surface area contributed by atoms with Crippen LogP contribution in [0.5, 0.6) is 0 Å². The van der Waals surface area contributed by atoms with Gasteiger partial charge in [-0.15, -0.1) is 0 Å². The third-order valence-corrected chi connectivity index (χ3v) is 6.13. The van der Waals surface area contributed by atoms with Gasteiger partial charge in [0.25, 0.3) is 5.91 Å². The van der Waals surface area contributed by atoms with Crippen molar-refractivity contribution in [2.75, 3.05) is 10.7 Å². The monoisotopic (exact) mass is 441 g/mol. The van der Waals surface area contributed by atoms with Crippen LogP contribution in [0, 0.1) is 0 Å². The molecule has 152 valence electrons. The Morgan fingerprint density at radius 1 is 1.07 bits per heavy atom. The third-order valence-electron chi connectivity index (χ3n) is 4.40. The molecular weight excluding hydrogens is 426 g/mol. The number of nitrogens with one attached hydrogen (secondary N) is 3. The highest BCUT2D eigenvalue weighted by atomic mass is 35.5. The number of fused-ring (bicyclic) bond motifs is 1. The van der Waals surface area contributed by atoms with Crippen LogP contribution in [0.3, 0.4) is 0 Å². The van der Waals surface area contributed by atoms with Crippen molar-refractivity contribution < 1.29 is 13.2 Å². The second-order valence-electron chi connectivity index (χ2n) is 6.39. The highest BCUT2D eigenvalue weighted by Crippen LogP contribution is 2.27. The molecule has 1 aromatic heterocycles. The molecule has 0 aliphatic carbocycles. The fraction of sp³-hybridized carbons (Fsp3) is 0.0500. The molecule has 2 heterocycles. The summed E-state index contributed by atoms with van der Waals surface area (Å²) >= 11 is 6.09. The van der Waals surface area contributed by atoms with Crippen LogP contribution >= 0.6 is 11.6 Å². The number of para-hydroxylation sites is 1. The minimum absolute atomic E-state index is 0.0252. The molecule has 8 nitrogen and oxygen atoms in total. The number of sulfonamides is 1. The fourth-order valence-corrected chi connectivity index (χ4v) is 4.06. The van der Waals surface area contributed by atoms with E-state index in [0.29, 0.717) is 22.0 Å². The van der Waals surface area contributed by atoms with E-state index in [0.717, 1.165) is 5.56 Å². The van der Waals surface area contributed by atoms with E-state index in [2.05, 4.69) is 25.6 Å². The number of hydrogen-bond donors (Lipinski definition) is 3. The van der Waals surface area contributed by atoms with E-state index in [1.165, 1.54) is 18.2 Å². The van der Waals surface area contributed by atoms with E-state index in [-0.39, 0.29) is 17.2 Å². The number of hydrogen-bond acceptors (Lipinski definition) is 6. The number of halogens is 1. The van der Waals surface area contributed by atoms with Gasteiger partial charge in [0.1, 0.15) is 0 Å². The van der Waals surface area contributed by atoms with Gasteiger partial charge in [0, 0.05) is 24.5 Å². The predicted molar refractivity (Wildman–Crippen MR) is 115 cm³/mol. The molecule has 10 heteroatoms. The average Bonchev–Trinajstić information content (AvgIpc) is 3.07. The van der Waals surface area contributed by atoms with Crippen LogP contribution < -0.4 is 15.5 Å². The molecule has 1 aliphatic rings. The van der Waals surface area contributed by atoms with Crippen LogP contribution in [0.2, 0.25) is 5.02 Å². The molecule has 0 saturated carbocycles. The molecule has 0 fully saturated rings. The number of rotatable bonds is 6. The van der Waals surface area contributed by atoms with Gasteiger partial charge in [0.2, 0.25) is 10.0 Å². The largest absolute Gasteiger partial charge is 0.320 e. The minimum Gasteiger partial charge on any atom is -0.320 e. The minimum atomic E-state index is -3.80. The van der Waals surface area contributed by atoms with Crippen molar-refractivity contribution in [3.63, 3.8) is 0 Å². The van der Waals surface area contributed by atoms with Crippen molar-refractivity contribution in [2.24, 2.45) is 5.10 Å². The smallest absolute Gasteiger partial charge is 0.276 e. The first-order valence-electron chi connectivity index (χ1n) is 8.86. The number of anilines is 2. The number of carbonyl (C=O) groups excluding carboxylic acids is 1. The lowest BCUT2D eigenvalue weighted by Gasteiger charge is -2.08. The van der Waals surface area contributed by atoms with E-state index < -0.39 is 15.9 Å². The third kappa shape index (κ3) is 4.18. The molecule has 0 atom stereocenters. The maximum Gasteiger partial charge on any atom is 0.276 e. The van der Waals surface area contributed by atoms with Crippen molar-refractivity contribution in [3.05, 3.63) is 83.1 Å². The predicted octanol–water partition coefficient (Wildman–Crippen LogP) is 2.98. The van der Waals surface area contributed by atoms with Crippen molar-refractivity contribution >= 4 is 44.6 Å². The molecule has 1 amide bonds. The number of carbonyl (C=O) groups is 1. The zero-order valence-electron chi connectivity index (χ0n) is 15.5.